The van der Waals surface area contributed by atoms with E-state index >= 15 is 0 Å². The molecule has 7 heteroatoms. The first-order valence-electron chi connectivity index (χ1n) is 8.94. The third-order valence-electron chi connectivity index (χ3n) is 4.34. The minimum absolute atomic E-state index is 0.0312. The Bertz CT molecular complexity index is 875. The summed E-state index contributed by atoms with van der Waals surface area (Å²) in [6.45, 7) is 6.38. The Morgan fingerprint density at radius 1 is 1.04 bits per heavy atom. The quantitative estimate of drug-likeness (QED) is 0.763. The van der Waals surface area contributed by atoms with Gasteiger partial charge in [0.1, 0.15) is 11.1 Å². The monoisotopic (exact) mass is 389 g/mol. The first kappa shape index (κ1) is 20.7. The molecule has 1 aromatic carbocycles. The third kappa shape index (κ3) is 5.20. The summed E-state index contributed by atoms with van der Waals surface area (Å²) in [5.41, 5.74) is 0.202. The number of carbonyl (C=O) groups excluding carboxylic acids is 2. The number of pyridine rings is 1. The smallest absolute Gasteiger partial charge is 0.257 e. The highest BCUT2D eigenvalue weighted by molar-refractivity contribution is 6.30. The van der Waals surface area contributed by atoms with Gasteiger partial charge < -0.3 is 15.2 Å². The topological polar surface area (TPSA) is 80.2 Å². The van der Waals surface area contributed by atoms with Gasteiger partial charge >= 0.3 is 0 Å². The van der Waals surface area contributed by atoms with Crippen molar-refractivity contribution in [2.24, 2.45) is 0 Å². The molecule has 0 aliphatic heterocycles. The van der Waals surface area contributed by atoms with Gasteiger partial charge in [-0.3, -0.25) is 14.4 Å². The maximum absolute atomic E-state index is 12.7. The lowest BCUT2D eigenvalue weighted by molar-refractivity contribution is 0.0948. The van der Waals surface area contributed by atoms with Crippen molar-refractivity contribution in [1.29, 1.82) is 0 Å². The second-order valence-electron chi connectivity index (χ2n) is 6.29. The van der Waals surface area contributed by atoms with Gasteiger partial charge in [0.2, 0.25) is 5.43 Å². The first-order valence-corrected chi connectivity index (χ1v) is 9.31. The molecule has 27 heavy (non-hydrogen) atoms. The third-order valence-corrected chi connectivity index (χ3v) is 4.59. The molecular formula is C20H24ClN3O3. The molecule has 2 N–H and O–H groups in total. The normalized spacial score (nSPS) is 11.7. The fourth-order valence-electron chi connectivity index (χ4n) is 2.52. The van der Waals surface area contributed by atoms with Crippen LogP contribution in [0.1, 0.15) is 59.5 Å². The van der Waals surface area contributed by atoms with E-state index in [2.05, 4.69) is 10.6 Å². The van der Waals surface area contributed by atoms with E-state index in [1.807, 2.05) is 13.8 Å². The zero-order valence-electron chi connectivity index (χ0n) is 15.7. The molecule has 144 valence electrons. The molecule has 0 aliphatic rings. The number of amides is 2. The van der Waals surface area contributed by atoms with Crippen molar-refractivity contribution >= 4 is 23.4 Å². The van der Waals surface area contributed by atoms with E-state index in [9.17, 15) is 14.4 Å². The van der Waals surface area contributed by atoms with E-state index in [0.29, 0.717) is 11.6 Å². The molecule has 0 spiro atoms. The van der Waals surface area contributed by atoms with Crippen molar-refractivity contribution in [2.75, 3.05) is 6.54 Å². The maximum atomic E-state index is 12.7. The molecule has 1 atom stereocenters. The number of benzene rings is 1. The van der Waals surface area contributed by atoms with Gasteiger partial charge in [0.15, 0.2) is 0 Å². The zero-order valence-corrected chi connectivity index (χ0v) is 16.5. The summed E-state index contributed by atoms with van der Waals surface area (Å²) >= 11 is 5.86. The number of halogens is 1. The van der Waals surface area contributed by atoms with Crippen molar-refractivity contribution < 1.29 is 9.59 Å². The number of carbonyl (C=O) groups is 2. The summed E-state index contributed by atoms with van der Waals surface area (Å²) in [4.78, 5) is 37.6. The Morgan fingerprint density at radius 2 is 1.59 bits per heavy atom. The van der Waals surface area contributed by atoms with Crippen molar-refractivity contribution in [3.05, 3.63) is 68.6 Å². The zero-order chi connectivity index (χ0) is 20.0. The lowest BCUT2D eigenvalue weighted by atomic mass is 10.1. The fourth-order valence-corrected chi connectivity index (χ4v) is 2.65. The molecule has 0 saturated heterocycles. The second kappa shape index (κ2) is 9.37. The van der Waals surface area contributed by atoms with Crippen LogP contribution in [0.25, 0.3) is 0 Å². The average Bonchev–Trinajstić information content (AvgIpc) is 2.67. The molecule has 1 aromatic heterocycles. The molecule has 2 rings (SSSR count). The largest absolute Gasteiger partial charge is 0.352 e. The van der Waals surface area contributed by atoms with E-state index in [1.165, 1.54) is 12.4 Å². The van der Waals surface area contributed by atoms with Crippen LogP contribution in [0.5, 0.6) is 0 Å². The molecule has 6 nitrogen and oxygen atoms in total. The van der Waals surface area contributed by atoms with Gasteiger partial charge in [-0.2, -0.15) is 0 Å². The highest BCUT2D eigenvalue weighted by Gasteiger charge is 2.20. The molecule has 0 bridgehead atoms. The van der Waals surface area contributed by atoms with Crippen molar-refractivity contribution in [1.82, 2.24) is 15.2 Å². The number of hydrogen-bond acceptors (Lipinski definition) is 3. The first-order chi connectivity index (χ1) is 12.9. The molecule has 0 saturated carbocycles. The highest BCUT2D eigenvalue weighted by atomic mass is 35.5. The molecule has 2 aromatic rings. The van der Waals surface area contributed by atoms with Crippen LogP contribution in [0.2, 0.25) is 5.02 Å². The summed E-state index contributed by atoms with van der Waals surface area (Å²) in [6, 6.07) is 7.10. The van der Waals surface area contributed by atoms with Crippen molar-refractivity contribution in [3.63, 3.8) is 0 Å². The van der Waals surface area contributed by atoms with Gasteiger partial charge in [-0.05, 0) is 38.0 Å². The van der Waals surface area contributed by atoms with E-state index in [1.54, 1.807) is 35.8 Å². The number of rotatable bonds is 7. The molecule has 0 radical (unpaired) electrons. The standard InChI is InChI=1S/C20H24ClN3O3/c1-4-13(3)24-11-16(19(26)22-5-2)18(25)17(12-24)20(27)23-10-14-6-8-15(21)9-7-14/h6-9,11-13H,4-5,10H2,1-3H3,(H,22,26)(H,23,27)/t13-/m0/s1. The molecule has 0 aliphatic carbocycles. The summed E-state index contributed by atoms with van der Waals surface area (Å²) in [5, 5.41) is 5.96. The highest BCUT2D eigenvalue weighted by Crippen LogP contribution is 2.12. The molecule has 1 heterocycles. The van der Waals surface area contributed by atoms with Gasteiger partial charge in [0, 0.05) is 36.5 Å². The van der Waals surface area contributed by atoms with Crippen LogP contribution < -0.4 is 16.1 Å². The van der Waals surface area contributed by atoms with Crippen LogP contribution >= 0.6 is 11.6 Å². The molecule has 2 amide bonds. The van der Waals surface area contributed by atoms with Crippen LogP contribution in [0.3, 0.4) is 0 Å². The van der Waals surface area contributed by atoms with E-state index < -0.39 is 17.2 Å². The lowest BCUT2D eigenvalue weighted by Gasteiger charge is -2.17. The predicted molar refractivity (Wildman–Crippen MR) is 106 cm³/mol. The summed E-state index contributed by atoms with van der Waals surface area (Å²) in [5.74, 6) is -0.995. The van der Waals surface area contributed by atoms with E-state index in [0.717, 1.165) is 12.0 Å². The molecule has 0 fully saturated rings. The predicted octanol–water partition coefficient (Wildman–Crippen LogP) is 3.15. The fraction of sp³-hybridized carbons (Fsp3) is 0.350. The number of aromatic nitrogens is 1. The van der Waals surface area contributed by atoms with Crippen molar-refractivity contribution in [3.8, 4) is 0 Å². The van der Waals surface area contributed by atoms with Gasteiger partial charge in [0.05, 0.1) is 0 Å². The van der Waals surface area contributed by atoms with E-state index in [-0.39, 0.29) is 23.7 Å². The van der Waals surface area contributed by atoms with Crippen molar-refractivity contribution in [2.45, 2.75) is 39.8 Å². The van der Waals surface area contributed by atoms with Crippen LogP contribution in [0.15, 0.2) is 41.5 Å². The Labute approximate surface area is 163 Å². The van der Waals surface area contributed by atoms with Crippen LogP contribution in [-0.4, -0.2) is 22.9 Å². The number of nitrogens with one attached hydrogen (secondary N) is 2. The average molecular weight is 390 g/mol. The Kier molecular flexibility index (Phi) is 7.19. The SMILES string of the molecule is CCNC(=O)c1cn([C@@H](C)CC)cc(C(=O)NCc2ccc(Cl)cc2)c1=O. The van der Waals surface area contributed by atoms with Gasteiger partial charge in [-0.15, -0.1) is 0 Å². The van der Waals surface area contributed by atoms with Gasteiger partial charge in [-0.25, -0.2) is 0 Å². The van der Waals surface area contributed by atoms with Crippen LogP contribution in [0.4, 0.5) is 0 Å². The van der Waals surface area contributed by atoms with E-state index in [4.69, 9.17) is 11.6 Å². The van der Waals surface area contributed by atoms with Gasteiger partial charge in [0.25, 0.3) is 11.8 Å². The summed E-state index contributed by atoms with van der Waals surface area (Å²) < 4.78 is 1.74. The number of hydrogen-bond donors (Lipinski definition) is 2. The Balaban J connectivity index is 2.33. The second-order valence-corrected chi connectivity index (χ2v) is 6.72. The van der Waals surface area contributed by atoms with Gasteiger partial charge in [-0.1, -0.05) is 30.7 Å². The minimum atomic E-state index is -0.575. The maximum Gasteiger partial charge on any atom is 0.257 e. The lowest BCUT2D eigenvalue weighted by Crippen LogP contribution is -2.35. The van der Waals surface area contributed by atoms with Crippen LogP contribution in [-0.2, 0) is 6.54 Å². The Hall–Kier alpha value is -2.60. The minimum Gasteiger partial charge on any atom is -0.352 e. The summed E-state index contributed by atoms with van der Waals surface area (Å²) in [6.07, 6.45) is 3.82. The Morgan fingerprint density at radius 3 is 2.11 bits per heavy atom. The number of nitrogens with zero attached hydrogens (tertiary/aromatic N) is 1. The molecule has 0 unspecified atom stereocenters. The van der Waals surface area contributed by atoms with Crippen LogP contribution in [0, 0.1) is 0 Å². The molecular weight excluding hydrogens is 366 g/mol. The summed E-state index contributed by atoms with van der Waals surface area (Å²) in [7, 11) is 0.